The number of nitrogens with zero attached hydrogens (tertiary/aromatic N) is 1. The summed E-state index contributed by atoms with van der Waals surface area (Å²) in [5.74, 6) is 0.999. The molecule has 0 N–H and O–H groups in total. The molecule has 0 spiro atoms. The maximum atomic E-state index is 10.5. The molecule has 1 saturated heterocycles. The normalized spacial score (nSPS) is 28.6. The van der Waals surface area contributed by atoms with Gasteiger partial charge in [0.15, 0.2) is 5.88 Å². The highest BCUT2D eigenvalue weighted by Crippen LogP contribution is 2.02. The molecule has 1 aliphatic heterocycles. The Morgan fingerprint density at radius 3 is 2.75 bits per heavy atom. The molecule has 0 aromatic carbocycles. The van der Waals surface area contributed by atoms with Crippen molar-refractivity contribution in [1.29, 1.82) is 0 Å². The second-order valence-electron chi connectivity index (χ2n) is 1.63. The summed E-state index contributed by atoms with van der Waals surface area (Å²) in [6, 6.07) is 0. The Morgan fingerprint density at radius 1 is 1.75 bits per heavy atom. The number of amides is 1. The highest BCUT2D eigenvalue weighted by molar-refractivity contribution is 7.91. The van der Waals surface area contributed by atoms with Crippen LogP contribution in [-0.4, -0.2) is 34.0 Å². The van der Waals surface area contributed by atoms with E-state index >= 15 is 0 Å². The van der Waals surface area contributed by atoms with Crippen molar-refractivity contribution < 1.29 is 9.35 Å². The van der Waals surface area contributed by atoms with Crippen LogP contribution >= 0.6 is 0 Å². The number of hydrogen-bond donors (Lipinski definition) is 0. The Morgan fingerprint density at radius 2 is 2.50 bits per heavy atom. The molecule has 1 rings (SSSR count). The molecule has 45 valence electrons. The van der Waals surface area contributed by atoms with Crippen LogP contribution in [0.1, 0.15) is 0 Å². The van der Waals surface area contributed by atoms with E-state index in [-0.39, 0.29) is 0 Å². The minimum absolute atomic E-state index is 0.378. The number of hydrogen-bond acceptors (Lipinski definition) is 2. The van der Waals surface area contributed by atoms with Gasteiger partial charge in [0.25, 0.3) is 0 Å². The van der Waals surface area contributed by atoms with Gasteiger partial charge in [0, 0.05) is 0 Å². The highest BCUT2D eigenvalue weighted by Gasteiger charge is 2.21. The molecule has 1 heterocycles. The molecular formula is C4H6NO2S. The van der Waals surface area contributed by atoms with Gasteiger partial charge >= 0.3 is 6.41 Å². The van der Waals surface area contributed by atoms with Gasteiger partial charge in [0.05, 0.1) is 6.54 Å². The first-order valence-corrected chi connectivity index (χ1v) is 3.79. The Labute approximate surface area is 50.8 Å². The van der Waals surface area contributed by atoms with Crippen LogP contribution in [0.2, 0.25) is 0 Å². The summed E-state index contributed by atoms with van der Waals surface area (Å²) >= 11 is -0.789. The molecule has 1 atom stereocenters. The molecule has 1 amide bonds. The van der Waals surface area contributed by atoms with E-state index in [4.69, 9.17) is 0 Å². The quantitative estimate of drug-likeness (QED) is 0.433. The molecule has 0 aliphatic carbocycles. The van der Waals surface area contributed by atoms with E-state index in [0.717, 1.165) is 0 Å². The predicted molar refractivity (Wildman–Crippen MR) is 30.3 cm³/mol. The average Bonchev–Trinajstić information content (AvgIpc) is 2.14. The van der Waals surface area contributed by atoms with Gasteiger partial charge in [-0.1, -0.05) is 0 Å². The summed E-state index contributed by atoms with van der Waals surface area (Å²) in [5, 5.41) is 0. The summed E-state index contributed by atoms with van der Waals surface area (Å²) < 4.78 is 10.5. The van der Waals surface area contributed by atoms with Crippen LogP contribution in [0, 0.1) is 0 Å². The van der Waals surface area contributed by atoms with Crippen LogP contribution in [0.5, 0.6) is 0 Å². The molecule has 1 unspecified atom stereocenters. The molecule has 3 nitrogen and oxygen atoms in total. The molecule has 0 aromatic heterocycles. The second-order valence-corrected chi connectivity index (χ2v) is 3.17. The molecule has 0 aromatic rings. The maximum absolute atomic E-state index is 10.5. The Bertz CT molecular complexity index is 98.0. The zero-order valence-electron chi connectivity index (χ0n) is 4.29. The summed E-state index contributed by atoms with van der Waals surface area (Å²) in [6.45, 7) is 0.607. The first-order chi connectivity index (χ1) is 3.83. The van der Waals surface area contributed by atoms with Crippen LogP contribution in [0.3, 0.4) is 0 Å². The van der Waals surface area contributed by atoms with Crippen molar-refractivity contribution in [1.82, 2.24) is 4.90 Å². The van der Waals surface area contributed by atoms with Crippen molar-refractivity contribution in [2.75, 3.05) is 18.2 Å². The van der Waals surface area contributed by atoms with Crippen molar-refractivity contribution in [3.63, 3.8) is 0 Å². The fraction of sp³-hybridized carbons (Fsp3) is 0.750. The molecule has 4 heteroatoms. The summed E-state index contributed by atoms with van der Waals surface area (Å²) in [5.41, 5.74) is 0. The first-order valence-electron chi connectivity index (χ1n) is 2.30. The Kier molecular flexibility index (Phi) is 1.75. The van der Waals surface area contributed by atoms with Crippen LogP contribution in [0.4, 0.5) is 0 Å². The fourth-order valence-electron chi connectivity index (χ4n) is 0.587. The van der Waals surface area contributed by atoms with E-state index in [1.165, 1.54) is 4.90 Å². The molecule has 8 heavy (non-hydrogen) atoms. The zero-order chi connectivity index (χ0) is 5.98. The summed E-state index contributed by atoms with van der Waals surface area (Å²) in [6.07, 6.45) is 1.68. The maximum Gasteiger partial charge on any atom is 0.315 e. The van der Waals surface area contributed by atoms with Crippen LogP contribution < -0.4 is 0 Å². The summed E-state index contributed by atoms with van der Waals surface area (Å²) in [4.78, 5) is 11.2. The van der Waals surface area contributed by atoms with Crippen LogP contribution in [0.25, 0.3) is 0 Å². The van der Waals surface area contributed by atoms with Crippen molar-refractivity contribution in [3.8, 4) is 0 Å². The van der Waals surface area contributed by atoms with Crippen molar-refractivity contribution in [2.45, 2.75) is 0 Å². The third kappa shape index (κ3) is 1.14. The van der Waals surface area contributed by atoms with Gasteiger partial charge in [-0.25, -0.2) is 0 Å². The van der Waals surface area contributed by atoms with Gasteiger partial charge < -0.3 is 4.55 Å². The third-order valence-corrected chi connectivity index (χ3v) is 2.26. The SMILES string of the molecule is O=[C]N1CC[S+]([O-])C1. The molecular weight excluding hydrogens is 126 g/mol. The third-order valence-electron chi connectivity index (χ3n) is 1.02. The average molecular weight is 132 g/mol. The van der Waals surface area contributed by atoms with Gasteiger partial charge in [0.1, 0.15) is 5.75 Å². The second kappa shape index (κ2) is 2.37. The molecule has 1 radical (unpaired) electrons. The van der Waals surface area contributed by atoms with Crippen molar-refractivity contribution in [3.05, 3.63) is 0 Å². The van der Waals surface area contributed by atoms with Crippen molar-refractivity contribution >= 4 is 17.6 Å². The largest absolute Gasteiger partial charge is 0.615 e. The minimum atomic E-state index is -0.789. The molecule has 1 fully saturated rings. The van der Waals surface area contributed by atoms with Gasteiger partial charge in [-0.3, -0.25) is 9.69 Å². The monoisotopic (exact) mass is 132 g/mol. The lowest BCUT2D eigenvalue weighted by atomic mass is 10.7. The minimum Gasteiger partial charge on any atom is -0.615 e. The molecule has 0 bridgehead atoms. The van der Waals surface area contributed by atoms with Crippen molar-refractivity contribution in [2.24, 2.45) is 0 Å². The lowest BCUT2D eigenvalue weighted by Crippen LogP contribution is -2.17. The van der Waals surface area contributed by atoms with Crippen LogP contribution in [0.15, 0.2) is 0 Å². The van der Waals surface area contributed by atoms with Gasteiger partial charge in [-0.2, -0.15) is 0 Å². The Hall–Kier alpha value is -0.220. The zero-order valence-corrected chi connectivity index (χ0v) is 5.11. The lowest BCUT2D eigenvalue weighted by Gasteiger charge is -2.00. The van der Waals surface area contributed by atoms with E-state index in [0.29, 0.717) is 18.2 Å². The van der Waals surface area contributed by atoms with Gasteiger partial charge in [-0.15, -0.1) is 0 Å². The predicted octanol–water partition coefficient (Wildman–Crippen LogP) is -0.925. The highest BCUT2D eigenvalue weighted by atomic mass is 32.2. The lowest BCUT2D eigenvalue weighted by molar-refractivity contribution is 0.449. The van der Waals surface area contributed by atoms with Crippen LogP contribution in [-0.2, 0) is 16.0 Å². The van der Waals surface area contributed by atoms with E-state index < -0.39 is 11.2 Å². The van der Waals surface area contributed by atoms with Gasteiger partial charge in [-0.05, 0) is 11.2 Å². The van der Waals surface area contributed by atoms with E-state index in [9.17, 15) is 9.35 Å². The van der Waals surface area contributed by atoms with E-state index in [2.05, 4.69) is 0 Å². The Balaban J connectivity index is 2.32. The fourth-order valence-corrected chi connectivity index (χ4v) is 1.67. The van der Waals surface area contributed by atoms with E-state index in [1.807, 2.05) is 0 Å². The molecule has 1 aliphatic rings. The summed E-state index contributed by atoms with van der Waals surface area (Å²) in [7, 11) is 0. The topological polar surface area (TPSA) is 43.4 Å². The first kappa shape index (κ1) is 5.91. The van der Waals surface area contributed by atoms with E-state index in [1.54, 1.807) is 6.41 Å². The number of rotatable bonds is 1. The number of carbonyl (C=O) groups excluding carboxylic acids is 1. The standard InChI is InChI=1S/C4H6NO2S/c6-3-5-1-2-8(7)4-5/h1-2,4H2. The molecule has 0 saturated carbocycles. The smallest absolute Gasteiger partial charge is 0.315 e. The van der Waals surface area contributed by atoms with Gasteiger partial charge in [0.2, 0.25) is 0 Å².